The number of hydrogen-bond acceptors (Lipinski definition) is 4. The molecule has 1 aliphatic rings. The number of carbonyl (C=O) groups excluding carboxylic acids is 1. The number of aryl methyl sites for hydroxylation is 1. The van der Waals surface area contributed by atoms with Gasteiger partial charge in [0.25, 0.3) is 5.91 Å². The van der Waals surface area contributed by atoms with Crippen molar-refractivity contribution < 1.29 is 19.4 Å². The molecule has 6 nitrogen and oxygen atoms in total. The Morgan fingerprint density at radius 1 is 1.35 bits per heavy atom. The van der Waals surface area contributed by atoms with Gasteiger partial charge in [0.15, 0.2) is 0 Å². The topological polar surface area (TPSA) is 79.7 Å². The molecule has 0 spiro atoms. The highest BCUT2D eigenvalue weighted by atomic mass is 16.5. The predicted octanol–water partition coefficient (Wildman–Crippen LogP) is 1.86. The van der Waals surface area contributed by atoms with Gasteiger partial charge in [-0.25, -0.2) is 0 Å². The molecule has 6 heteroatoms. The van der Waals surface area contributed by atoms with Gasteiger partial charge in [0, 0.05) is 17.6 Å². The molecule has 1 saturated heterocycles. The quantitative estimate of drug-likeness (QED) is 0.935. The third kappa shape index (κ3) is 3.17. The minimum Gasteiger partial charge on any atom is -0.481 e. The van der Waals surface area contributed by atoms with Gasteiger partial charge >= 0.3 is 5.97 Å². The molecule has 1 aliphatic heterocycles. The van der Waals surface area contributed by atoms with Crippen molar-refractivity contribution in [2.24, 2.45) is 0 Å². The molecule has 23 heavy (non-hydrogen) atoms. The minimum absolute atomic E-state index is 0.122. The summed E-state index contributed by atoms with van der Waals surface area (Å²) < 4.78 is 5.33. The van der Waals surface area contributed by atoms with Crippen molar-refractivity contribution in [3.05, 3.63) is 41.6 Å². The summed E-state index contributed by atoms with van der Waals surface area (Å²) in [7, 11) is 0. The maximum absolute atomic E-state index is 13.0. The fraction of sp³-hybridized carbons (Fsp3) is 0.353. The Morgan fingerprint density at radius 3 is 2.96 bits per heavy atom. The van der Waals surface area contributed by atoms with Crippen LogP contribution in [0.5, 0.6) is 0 Å². The average Bonchev–Trinajstić information content (AvgIpc) is 2.53. The summed E-state index contributed by atoms with van der Waals surface area (Å²) in [6.07, 6.45) is -0.122. The van der Waals surface area contributed by atoms with Gasteiger partial charge in [-0.2, -0.15) is 0 Å². The van der Waals surface area contributed by atoms with Crippen LogP contribution in [-0.4, -0.2) is 52.7 Å². The summed E-state index contributed by atoms with van der Waals surface area (Å²) in [5.41, 5.74) is 1.99. The van der Waals surface area contributed by atoms with Crippen molar-refractivity contribution in [3.63, 3.8) is 0 Å². The number of rotatable bonds is 3. The number of amides is 1. The third-order valence-electron chi connectivity index (χ3n) is 3.99. The van der Waals surface area contributed by atoms with Gasteiger partial charge in [0.05, 0.1) is 36.8 Å². The predicted molar refractivity (Wildman–Crippen MR) is 84.4 cm³/mol. The standard InChI is InChI=1S/C17H18N2O4/c1-11-5-6-12-3-2-4-14(16(12)18-11)17(22)19-7-8-23-10-13(19)9-15(20)21/h2-6,13H,7-10H2,1H3,(H,20,21). The SMILES string of the molecule is Cc1ccc2cccc(C(=O)N3CCOCC3CC(=O)O)c2n1. The molecule has 0 bridgehead atoms. The summed E-state index contributed by atoms with van der Waals surface area (Å²) in [6, 6.07) is 8.85. The lowest BCUT2D eigenvalue weighted by Crippen LogP contribution is -2.49. The first-order chi connectivity index (χ1) is 11.1. The highest BCUT2D eigenvalue weighted by Crippen LogP contribution is 2.21. The fourth-order valence-corrected chi connectivity index (χ4v) is 2.86. The molecule has 0 saturated carbocycles. The van der Waals surface area contributed by atoms with E-state index in [9.17, 15) is 9.59 Å². The largest absolute Gasteiger partial charge is 0.481 e. The first kappa shape index (κ1) is 15.4. The summed E-state index contributed by atoms with van der Waals surface area (Å²) in [6.45, 7) is 2.93. The lowest BCUT2D eigenvalue weighted by atomic mass is 10.1. The Morgan fingerprint density at radius 2 is 2.17 bits per heavy atom. The summed E-state index contributed by atoms with van der Waals surface area (Å²) in [5.74, 6) is -1.13. The summed E-state index contributed by atoms with van der Waals surface area (Å²) in [5, 5.41) is 9.93. The Balaban J connectivity index is 1.98. The van der Waals surface area contributed by atoms with E-state index < -0.39 is 12.0 Å². The van der Waals surface area contributed by atoms with Crippen LogP contribution in [0.4, 0.5) is 0 Å². The zero-order valence-electron chi connectivity index (χ0n) is 12.9. The average molecular weight is 314 g/mol. The molecule has 1 N–H and O–H groups in total. The molecule has 2 heterocycles. The van der Waals surface area contributed by atoms with E-state index in [0.717, 1.165) is 11.1 Å². The normalized spacial score (nSPS) is 18.1. The molecule has 1 amide bonds. The third-order valence-corrected chi connectivity index (χ3v) is 3.99. The van der Waals surface area contributed by atoms with Crippen molar-refractivity contribution in [2.45, 2.75) is 19.4 Å². The Bertz CT molecular complexity index is 759. The van der Waals surface area contributed by atoms with E-state index in [0.29, 0.717) is 24.2 Å². The molecule has 0 aliphatic carbocycles. The molecule has 1 fully saturated rings. The van der Waals surface area contributed by atoms with Crippen LogP contribution < -0.4 is 0 Å². The summed E-state index contributed by atoms with van der Waals surface area (Å²) >= 11 is 0. The van der Waals surface area contributed by atoms with Crippen molar-refractivity contribution in [1.82, 2.24) is 9.88 Å². The van der Waals surface area contributed by atoms with Gasteiger partial charge in [0.1, 0.15) is 0 Å². The second-order valence-electron chi connectivity index (χ2n) is 5.66. The number of nitrogens with zero attached hydrogens (tertiary/aromatic N) is 2. The number of aromatic nitrogens is 1. The van der Waals surface area contributed by atoms with Crippen molar-refractivity contribution in [2.75, 3.05) is 19.8 Å². The van der Waals surface area contributed by atoms with Gasteiger partial charge < -0.3 is 14.7 Å². The molecule has 120 valence electrons. The van der Waals surface area contributed by atoms with Crippen LogP contribution in [0.1, 0.15) is 22.5 Å². The number of aliphatic carboxylic acids is 1. The first-order valence-corrected chi connectivity index (χ1v) is 7.53. The van der Waals surface area contributed by atoms with Crippen LogP contribution in [0.3, 0.4) is 0 Å². The summed E-state index contributed by atoms with van der Waals surface area (Å²) in [4.78, 5) is 30.1. The maximum Gasteiger partial charge on any atom is 0.305 e. The van der Waals surface area contributed by atoms with Gasteiger partial charge in [0.2, 0.25) is 0 Å². The van der Waals surface area contributed by atoms with Crippen molar-refractivity contribution in [1.29, 1.82) is 0 Å². The van der Waals surface area contributed by atoms with Crippen LogP contribution in [0.2, 0.25) is 0 Å². The molecule has 1 aromatic carbocycles. The molecular formula is C17H18N2O4. The van der Waals surface area contributed by atoms with E-state index >= 15 is 0 Å². The van der Waals surface area contributed by atoms with E-state index in [4.69, 9.17) is 9.84 Å². The lowest BCUT2D eigenvalue weighted by molar-refractivity contribution is -0.139. The smallest absolute Gasteiger partial charge is 0.305 e. The number of benzene rings is 1. The Labute approximate surface area is 133 Å². The van der Waals surface area contributed by atoms with Gasteiger partial charge in [-0.15, -0.1) is 0 Å². The molecule has 2 aromatic rings. The van der Waals surface area contributed by atoms with Gasteiger partial charge in [-0.3, -0.25) is 14.6 Å². The molecule has 0 radical (unpaired) electrons. The Hall–Kier alpha value is -2.47. The van der Waals surface area contributed by atoms with Crippen LogP contribution >= 0.6 is 0 Å². The number of carboxylic acid groups (broad SMARTS) is 1. The van der Waals surface area contributed by atoms with E-state index in [2.05, 4.69) is 4.98 Å². The van der Waals surface area contributed by atoms with Gasteiger partial charge in [-0.1, -0.05) is 18.2 Å². The zero-order chi connectivity index (χ0) is 16.4. The molecule has 3 rings (SSSR count). The number of carboxylic acids is 1. The molecule has 1 unspecified atom stereocenters. The van der Waals surface area contributed by atoms with E-state index in [1.54, 1.807) is 11.0 Å². The number of para-hydroxylation sites is 1. The first-order valence-electron chi connectivity index (χ1n) is 7.53. The van der Waals surface area contributed by atoms with E-state index in [1.165, 1.54) is 0 Å². The molecule has 1 aromatic heterocycles. The van der Waals surface area contributed by atoms with E-state index in [1.807, 2.05) is 31.2 Å². The van der Waals surface area contributed by atoms with Crippen molar-refractivity contribution >= 4 is 22.8 Å². The molecule has 1 atom stereocenters. The monoisotopic (exact) mass is 314 g/mol. The lowest BCUT2D eigenvalue weighted by Gasteiger charge is -2.35. The number of ether oxygens (including phenoxy) is 1. The minimum atomic E-state index is -0.940. The highest BCUT2D eigenvalue weighted by molar-refractivity contribution is 6.05. The number of pyridine rings is 1. The second kappa shape index (κ2) is 6.34. The van der Waals surface area contributed by atoms with Gasteiger partial charge in [-0.05, 0) is 19.1 Å². The number of carbonyl (C=O) groups is 2. The van der Waals surface area contributed by atoms with E-state index in [-0.39, 0.29) is 18.9 Å². The van der Waals surface area contributed by atoms with Crippen molar-refractivity contribution in [3.8, 4) is 0 Å². The van der Waals surface area contributed by atoms with Crippen LogP contribution in [0.15, 0.2) is 30.3 Å². The number of morpholine rings is 1. The van der Waals surface area contributed by atoms with Crippen LogP contribution in [-0.2, 0) is 9.53 Å². The van der Waals surface area contributed by atoms with Crippen LogP contribution in [0.25, 0.3) is 10.9 Å². The number of hydrogen-bond donors (Lipinski definition) is 1. The highest BCUT2D eigenvalue weighted by Gasteiger charge is 2.30. The maximum atomic E-state index is 13.0. The second-order valence-corrected chi connectivity index (χ2v) is 5.66. The number of fused-ring (bicyclic) bond motifs is 1. The fourth-order valence-electron chi connectivity index (χ4n) is 2.86. The molecular weight excluding hydrogens is 296 g/mol. The van der Waals surface area contributed by atoms with Crippen LogP contribution in [0, 0.1) is 6.92 Å². The zero-order valence-corrected chi connectivity index (χ0v) is 12.9. The Kier molecular flexibility index (Phi) is 4.25.